The molecule has 2 rings (SSSR count). The Morgan fingerprint density at radius 3 is 2.83 bits per heavy atom. The molecule has 0 fully saturated rings. The number of hydrogen-bond acceptors (Lipinski definition) is 3. The van der Waals surface area contributed by atoms with Crippen LogP contribution < -0.4 is 10.1 Å². The van der Waals surface area contributed by atoms with Gasteiger partial charge in [0, 0.05) is 17.1 Å². The van der Waals surface area contributed by atoms with Crippen LogP contribution in [0.25, 0.3) is 0 Å². The van der Waals surface area contributed by atoms with Gasteiger partial charge in [-0.3, -0.25) is 0 Å². The van der Waals surface area contributed by atoms with Crippen molar-refractivity contribution in [3.8, 4) is 5.75 Å². The van der Waals surface area contributed by atoms with Gasteiger partial charge in [0.1, 0.15) is 18.1 Å². The third-order valence-corrected chi connectivity index (χ3v) is 2.99. The summed E-state index contributed by atoms with van der Waals surface area (Å²) in [5.41, 5.74) is 1.07. The van der Waals surface area contributed by atoms with Gasteiger partial charge in [-0.05, 0) is 31.3 Å². The zero-order chi connectivity index (χ0) is 13.0. The first-order chi connectivity index (χ1) is 8.70. The van der Waals surface area contributed by atoms with Crippen LogP contribution in [0.5, 0.6) is 5.75 Å². The topological polar surface area (TPSA) is 34.4 Å². The van der Waals surface area contributed by atoms with Crippen molar-refractivity contribution < 1.29 is 9.15 Å². The lowest BCUT2D eigenvalue weighted by atomic mass is 10.2. The summed E-state index contributed by atoms with van der Waals surface area (Å²) in [6.07, 6.45) is 1.65. The van der Waals surface area contributed by atoms with E-state index in [4.69, 9.17) is 32.4 Å². The quantitative estimate of drug-likeness (QED) is 0.905. The summed E-state index contributed by atoms with van der Waals surface area (Å²) < 4.78 is 11.0. The van der Waals surface area contributed by atoms with Gasteiger partial charge in [-0.2, -0.15) is 0 Å². The summed E-state index contributed by atoms with van der Waals surface area (Å²) in [6.45, 7) is 1.08. The molecule has 18 heavy (non-hydrogen) atoms. The van der Waals surface area contributed by atoms with E-state index >= 15 is 0 Å². The number of ether oxygens (including phenoxy) is 1. The van der Waals surface area contributed by atoms with Crippen LogP contribution in [0.4, 0.5) is 0 Å². The number of halogens is 2. The summed E-state index contributed by atoms with van der Waals surface area (Å²) in [4.78, 5) is 0. The van der Waals surface area contributed by atoms with Gasteiger partial charge in [-0.1, -0.05) is 23.2 Å². The van der Waals surface area contributed by atoms with E-state index in [1.807, 2.05) is 13.1 Å². The molecular formula is C13H13Cl2NO2. The van der Waals surface area contributed by atoms with Crippen LogP contribution >= 0.6 is 23.2 Å². The van der Waals surface area contributed by atoms with Crippen LogP contribution in [-0.2, 0) is 13.2 Å². The summed E-state index contributed by atoms with van der Waals surface area (Å²) in [6, 6.07) is 7.04. The van der Waals surface area contributed by atoms with Gasteiger partial charge in [-0.25, -0.2) is 0 Å². The highest BCUT2D eigenvalue weighted by Crippen LogP contribution is 2.28. The van der Waals surface area contributed by atoms with Crippen LogP contribution in [0.1, 0.15) is 11.3 Å². The Bertz CT molecular complexity index is 525. The molecule has 3 nitrogen and oxygen atoms in total. The number of nitrogens with one attached hydrogen (secondary N) is 1. The minimum atomic E-state index is 0.339. The van der Waals surface area contributed by atoms with E-state index in [2.05, 4.69) is 5.32 Å². The van der Waals surface area contributed by atoms with Gasteiger partial charge in [0.15, 0.2) is 0 Å². The maximum Gasteiger partial charge on any atom is 0.146 e. The smallest absolute Gasteiger partial charge is 0.146 e. The highest BCUT2D eigenvalue weighted by Gasteiger charge is 2.08. The van der Waals surface area contributed by atoms with Crippen molar-refractivity contribution in [2.24, 2.45) is 0 Å². The fraction of sp³-hybridized carbons (Fsp3) is 0.231. The van der Waals surface area contributed by atoms with Gasteiger partial charge in [-0.15, -0.1) is 0 Å². The first-order valence-electron chi connectivity index (χ1n) is 5.48. The minimum Gasteiger partial charge on any atom is -0.484 e. The molecule has 0 unspecified atom stereocenters. The number of furan rings is 1. The predicted octanol–water partition coefficient (Wildman–Crippen LogP) is 3.88. The molecule has 5 heteroatoms. The van der Waals surface area contributed by atoms with E-state index in [0.717, 1.165) is 17.9 Å². The van der Waals surface area contributed by atoms with Crippen molar-refractivity contribution in [2.75, 3.05) is 7.05 Å². The van der Waals surface area contributed by atoms with Crippen molar-refractivity contribution in [3.05, 3.63) is 51.9 Å². The molecule has 0 radical (unpaired) electrons. The Labute approximate surface area is 116 Å². The lowest BCUT2D eigenvalue weighted by Crippen LogP contribution is -2.07. The Hall–Kier alpha value is -1.16. The predicted molar refractivity (Wildman–Crippen MR) is 72.3 cm³/mol. The summed E-state index contributed by atoms with van der Waals surface area (Å²) in [5.74, 6) is 1.38. The largest absolute Gasteiger partial charge is 0.484 e. The van der Waals surface area contributed by atoms with Crippen LogP contribution in [0.3, 0.4) is 0 Å². The first kappa shape index (κ1) is 13.3. The molecule has 0 aliphatic rings. The van der Waals surface area contributed by atoms with E-state index < -0.39 is 0 Å². The molecule has 0 atom stereocenters. The molecular weight excluding hydrogens is 273 g/mol. The lowest BCUT2D eigenvalue weighted by Gasteiger charge is -2.08. The van der Waals surface area contributed by atoms with Gasteiger partial charge in [0.2, 0.25) is 0 Å². The minimum absolute atomic E-state index is 0.339. The summed E-state index contributed by atoms with van der Waals surface area (Å²) in [5, 5.41) is 4.14. The normalized spacial score (nSPS) is 10.6. The molecule has 0 aliphatic heterocycles. The van der Waals surface area contributed by atoms with E-state index in [1.165, 1.54) is 0 Å². The Morgan fingerprint density at radius 2 is 2.11 bits per heavy atom. The van der Waals surface area contributed by atoms with Gasteiger partial charge >= 0.3 is 0 Å². The number of benzene rings is 1. The molecule has 0 saturated heterocycles. The standard InChI is InChI=1S/C13H13Cl2NO2/c1-16-7-9-4-5-17-13(9)8-18-12-3-2-10(14)6-11(12)15/h2-6,16H,7-8H2,1H3. The fourth-order valence-corrected chi connectivity index (χ4v) is 2.04. The summed E-state index contributed by atoms with van der Waals surface area (Å²) in [7, 11) is 1.88. The lowest BCUT2D eigenvalue weighted by molar-refractivity contribution is 0.268. The zero-order valence-corrected chi connectivity index (χ0v) is 11.4. The summed E-state index contributed by atoms with van der Waals surface area (Å²) >= 11 is 11.8. The van der Waals surface area contributed by atoms with Crippen LogP contribution in [0, 0.1) is 0 Å². The van der Waals surface area contributed by atoms with Crippen molar-refractivity contribution in [1.82, 2.24) is 5.32 Å². The monoisotopic (exact) mass is 285 g/mol. The molecule has 0 saturated carbocycles. The van der Waals surface area contributed by atoms with Crippen LogP contribution in [-0.4, -0.2) is 7.05 Å². The highest BCUT2D eigenvalue weighted by atomic mass is 35.5. The highest BCUT2D eigenvalue weighted by molar-refractivity contribution is 6.35. The first-order valence-corrected chi connectivity index (χ1v) is 6.24. The molecule has 1 aromatic heterocycles. The number of rotatable bonds is 5. The van der Waals surface area contributed by atoms with Gasteiger partial charge in [0.25, 0.3) is 0 Å². The van der Waals surface area contributed by atoms with E-state index in [-0.39, 0.29) is 0 Å². The van der Waals surface area contributed by atoms with Crippen molar-refractivity contribution in [1.29, 1.82) is 0 Å². The second kappa shape index (κ2) is 6.14. The second-order valence-corrected chi connectivity index (χ2v) is 4.61. The van der Waals surface area contributed by atoms with Crippen molar-refractivity contribution >= 4 is 23.2 Å². The second-order valence-electron chi connectivity index (χ2n) is 3.76. The van der Waals surface area contributed by atoms with Crippen LogP contribution in [0.15, 0.2) is 34.9 Å². The SMILES string of the molecule is CNCc1ccoc1COc1ccc(Cl)cc1Cl. The van der Waals surface area contributed by atoms with Crippen molar-refractivity contribution in [3.63, 3.8) is 0 Å². The Kier molecular flexibility index (Phi) is 4.53. The van der Waals surface area contributed by atoms with Crippen LogP contribution in [0.2, 0.25) is 10.0 Å². The molecule has 0 amide bonds. The maximum atomic E-state index is 6.02. The molecule has 2 aromatic rings. The molecule has 96 valence electrons. The molecule has 0 spiro atoms. The molecule has 1 aromatic carbocycles. The maximum absolute atomic E-state index is 6.02. The van der Waals surface area contributed by atoms with Crippen molar-refractivity contribution in [2.45, 2.75) is 13.2 Å². The average Bonchev–Trinajstić information content (AvgIpc) is 2.76. The molecule has 1 heterocycles. The average molecular weight is 286 g/mol. The Morgan fingerprint density at radius 1 is 1.28 bits per heavy atom. The van der Waals surface area contributed by atoms with E-state index in [9.17, 15) is 0 Å². The van der Waals surface area contributed by atoms with Gasteiger partial charge < -0.3 is 14.5 Å². The van der Waals surface area contributed by atoms with E-state index in [0.29, 0.717) is 22.4 Å². The zero-order valence-electron chi connectivity index (χ0n) is 9.87. The Balaban J connectivity index is 2.04. The van der Waals surface area contributed by atoms with Gasteiger partial charge in [0.05, 0.1) is 11.3 Å². The third kappa shape index (κ3) is 3.19. The van der Waals surface area contributed by atoms with E-state index in [1.54, 1.807) is 24.5 Å². The fourth-order valence-electron chi connectivity index (χ4n) is 1.58. The molecule has 0 aliphatic carbocycles. The molecule has 0 bridgehead atoms. The number of hydrogen-bond donors (Lipinski definition) is 1. The third-order valence-electron chi connectivity index (χ3n) is 2.46. The molecule has 1 N–H and O–H groups in total.